The summed E-state index contributed by atoms with van der Waals surface area (Å²) in [4.78, 5) is 4.94. The lowest BCUT2D eigenvalue weighted by Gasteiger charge is -2.21. The van der Waals surface area contributed by atoms with E-state index in [4.69, 9.17) is 0 Å². The number of fused-ring (bicyclic) bond motifs is 3. The number of benzene rings is 2. The number of alkyl halides is 2. The molecule has 0 aliphatic rings. The Bertz CT molecular complexity index is 852. The van der Waals surface area contributed by atoms with Crippen molar-refractivity contribution >= 4 is 53.7 Å². The number of H-pyrrole nitrogens is 1. The average molecular weight is 493 g/mol. The van der Waals surface area contributed by atoms with Crippen molar-refractivity contribution in [1.82, 2.24) is 4.98 Å². The van der Waals surface area contributed by atoms with Gasteiger partial charge in [-0.25, -0.2) is 0 Å². The summed E-state index contributed by atoms with van der Waals surface area (Å²) in [6.07, 6.45) is 8.84. The van der Waals surface area contributed by atoms with Crippen molar-refractivity contribution < 1.29 is 0 Å². The highest BCUT2D eigenvalue weighted by Crippen LogP contribution is 2.36. The molecule has 1 aromatic heterocycles. The number of unbranched alkanes of at least 4 members (excludes halogenated alkanes) is 1. The van der Waals surface area contributed by atoms with Crippen LogP contribution in [0.15, 0.2) is 42.5 Å². The van der Waals surface area contributed by atoms with E-state index in [1.54, 1.807) is 0 Å². The Morgan fingerprint density at radius 3 is 2.41 bits per heavy atom. The summed E-state index contributed by atoms with van der Waals surface area (Å²) in [6, 6.07) is 15.5. The van der Waals surface area contributed by atoms with E-state index in [2.05, 4.69) is 93.2 Å². The van der Waals surface area contributed by atoms with Crippen molar-refractivity contribution in [3.8, 4) is 0 Å². The van der Waals surface area contributed by atoms with Crippen LogP contribution in [0.3, 0.4) is 0 Å². The molecule has 3 unspecified atom stereocenters. The van der Waals surface area contributed by atoms with Crippen molar-refractivity contribution in [1.29, 1.82) is 0 Å². The third kappa shape index (κ3) is 5.38. The molecule has 3 rings (SSSR count). The Labute approximate surface area is 180 Å². The topological polar surface area (TPSA) is 15.8 Å². The SMILES string of the molecule is CCCC(CC(Br)CCCCC(C)Br)c1cccc2c1[nH]c1ccccc12. The van der Waals surface area contributed by atoms with Crippen LogP contribution in [-0.4, -0.2) is 14.6 Å². The van der Waals surface area contributed by atoms with Gasteiger partial charge in [0.05, 0.1) is 0 Å². The predicted molar refractivity (Wildman–Crippen MR) is 128 cm³/mol. The van der Waals surface area contributed by atoms with E-state index in [0.717, 1.165) is 0 Å². The van der Waals surface area contributed by atoms with Gasteiger partial charge >= 0.3 is 0 Å². The van der Waals surface area contributed by atoms with Gasteiger partial charge in [-0.15, -0.1) is 0 Å². The van der Waals surface area contributed by atoms with E-state index >= 15 is 0 Å². The standard InChI is InChI=1S/C24H31Br2N/c1-3-9-18(16-19(26)11-5-4-10-17(2)25)20-13-8-14-22-21-12-6-7-15-23(21)27-24(20)22/h6-8,12-15,17-19,27H,3-5,9-11,16H2,1-2H3. The van der Waals surface area contributed by atoms with Crippen LogP contribution in [0, 0.1) is 0 Å². The van der Waals surface area contributed by atoms with Crippen LogP contribution in [0.25, 0.3) is 21.8 Å². The van der Waals surface area contributed by atoms with E-state index in [-0.39, 0.29) is 0 Å². The van der Waals surface area contributed by atoms with Gasteiger partial charge in [0.15, 0.2) is 0 Å². The monoisotopic (exact) mass is 491 g/mol. The van der Waals surface area contributed by atoms with E-state index in [9.17, 15) is 0 Å². The van der Waals surface area contributed by atoms with Gasteiger partial charge in [-0.3, -0.25) is 0 Å². The molecule has 0 saturated carbocycles. The second-order valence-corrected chi connectivity index (χ2v) is 10.7. The summed E-state index contributed by atoms with van der Waals surface area (Å²) in [5.41, 5.74) is 4.07. The van der Waals surface area contributed by atoms with Gasteiger partial charge in [0.2, 0.25) is 0 Å². The molecule has 2 aromatic carbocycles. The molecule has 0 aliphatic carbocycles. The van der Waals surface area contributed by atoms with Crippen LogP contribution in [0.2, 0.25) is 0 Å². The number of hydrogen-bond donors (Lipinski definition) is 1. The maximum absolute atomic E-state index is 3.99. The molecular weight excluding hydrogens is 462 g/mol. The number of halogens is 2. The molecule has 1 heterocycles. The highest BCUT2D eigenvalue weighted by Gasteiger charge is 2.19. The second-order valence-electron chi connectivity index (χ2n) is 7.82. The summed E-state index contributed by atoms with van der Waals surface area (Å²) in [5.74, 6) is 0.603. The maximum atomic E-state index is 3.99. The first-order chi connectivity index (χ1) is 13.1. The van der Waals surface area contributed by atoms with Gasteiger partial charge in [0.1, 0.15) is 0 Å². The Morgan fingerprint density at radius 2 is 1.63 bits per heavy atom. The minimum absolute atomic E-state index is 0.597. The molecule has 0 saturated heterocycles. The molecule has 1 nitrogen and oxygen atoms in total. The number of rotatable bonds is 10. The van der Waals surface area contributed by atoms with Crippen LogP contribution >= 0.6 is 31.9 Å². The zero-order valence-corrected chi connectivity index (χ0v) is 19.7. The van der Waals surface area contributed by atoms with Gasteiger partial charge in [-0.2, -0.15) is 0 Å². The van der Waals surface area contributed by atoms with Crippen molar-refractivity contribution in [3.05, 3.63) is 48.0 Å². The first kappa shape index (κ1) is 20.9. The fourth-order valence-corrected chi connectivity index (χ4v) is 5.30. The molecule has 3 heteroatoms. The summed E-state index contributed by atoms with van der Waals surface area (Å²) < 4.78 is 0. The molecule has 1 N–H and O–H groups in total. The first-order valence-corrected chi connectivity index (χ1v) is 12.2. The lowest BCUT2D eigenvalue weighted by atomic mass is 9.88. The Hall–Kier alpha value is -0.800. The smallest absolute Gasteiger partial charge is 0.0500 e. The van der Waals surface area contributed by atoms with Gasteiger partial charge in [-0.05, 0) is 43.2 Å². The number of nitrogens with one attached hydrogen (secondary N) is 1. The molecule has 0 aliphatic heterocycles. The van der Waals surface area contributed by atoms with Crippen LogP contribution < -0.4 is 0 Å². The summed E-state index contributed by atoms with van der Waals surface area (Å²) in [7, 11) is 0. The van der Waals surface area contributed by atoms with Gasteiger partial charge in [-0.1, -0.05) is 101 Å². The Kier molecular flexibility index (Phi) is 7.84. The van der Waals surface area contributed by atoms with Gasteiger partial charge < -0.3 is 4.98 Å². The lowest BCUT2D eigenvalue weighted by Crippen LogP contribution is -2.08. The number of para-hydroxylation sites is 2. The van der Waals surface area contributed by atoms with E-state index in [1.165, 1.54) is 72.3 Å². The Morgan fingerprint density at radius 1 is 0.889 bits per heavy atom. The van der Waals surface area contributed by atoms with Gasteiger partial charge in [0.25, 0.3) is 0 Å². The second kappa shape index (κ2) is 10.1. The fourth-order valence-electron chi connectivity index (χ4n) is 4.20. The molecule has 146 valence electrons. The number of hydrogen-bond acceptors (Lipinski definition) is 0. The van der Waals surface area contributed by atoms with Crippen LogP contribution in [-0.2, 0) is 0 Å². The van der Waals surface area contributed by atoms with E-state index < -0.39 is 0 Å². The zero-order valence-electron chi connectivity index (χ0n) is 16.5. The number of aromatic nitrogens is 1. The van der Waals surface area contributed by atoms with Crippen molar-refractivity contribution in [2.45, 2.75) is 74.4 Å². The first-order valence-electron chi connectivity index (χ1n) is 10.4. The molecule has 0 spiro atoms. The molecule has 0 bridgehead atoms. The fraction of sp³-hybridized carbons (Fsp3) is 0.500. The minimum atomic E-state index is 0.597. The van der Waals surface area contributed by atoms with E-state index in [0.29, 0.717) is 15.6 Å². The lowest BCUT2D eigenvalue weighted by molar-refractivity contribution is 0.529. The molecule has 0 amide bonds. The summed E-state index contributed by atoms with van der Waals surface area (Å²) in [5, 5.41) is 2.70. The van der Waals surface area contributed by atoms with Gasteiger partial charge in [0, 0.05) is 31.5 Å². The van der Waals surface area contributed by atoms with Crippen molar-refractivity contribution in [2.24, 2.45) is 0 Å². The maximum Gasteiger partial charge on any atom is 0.0500 e. The predicted octanol–water partition coefficient (Wildman–Crippen LogP) is 8.70. The molecular formula is C24H31Br2N. The van der Waals surface area contributed by atoms with E-state index in [1.807, 2.05) is 0 Å². The van der Waals surface area contributed by atoms with Crippen LogP contribution in [0.4, 0.5) is 0 Å². The van der Waals surface area contributed by atoms with Crippen molar-refractivity contribution in [2.75, 3.05) is 0 Å². The van der Waals surface area contributed by atoms with Crippen LogP contribution in [0.1, 0.15) is 70.3 Å². The molecule has 3 aromatic rings. The molecule has 0 radical (unpaired) electrons. The summed E-state index contributed by atoms with van der Waals surface area (Å²) >= 11 is 7.65. The quantitative estimate of drug-likeness (QED) is 0.215. The molecule has 0 fully saturated rings. The van der Waals surface area contributed by atoms with Crippen molar-refractivity contribution in [3.63, 3.8) is 0 Å². The highest BCUT2D eigenvalue weighted by atomic mass is 79.9. The molecule has 3 atom stereocenters. The third-order valence-electron chi connectivity index (χ3n) is 5.56. The third-order valence-corrected chi connectivity index (χ3v) is 6.85. The zero-order chi connectivity index (χ0) is 19.2. The van der Waals surface area contributed by atoms with Crippen LogP contribution in [0.5, 0.6) is 0 Å². The largest absolute Gasteiger partial charge is 0.354 e. The normalized spacial score (nSPS) is 15.3. The molecule has 27 heavy (non-hydrogen) atoms. The summed E-state index contributed by atoms with van der Waals surface area (Å²) in [6.45, 7) is 4.54. The highest BCUT2D eigenvalue weighted by molar-refractivity contribution is 9.09. The Balaban J connectivity index is 1.78. The number of aromatic amines is 1. The minimum Gasteiger partial charge on any atom is -0.354 e. The average Bonchev–Trinajstić information content (AvgIpc) is 3.03.